The first-order chi connectivity index (χ1) is 22.1. The van der Waals surface area contributed by atoms with Crippen LogP contribution in [-0.4, -0.2) is 12.6 Å². The zero-order valence-corrected chi connectivity index (χ0v) is 26.4. The van der Waals surface area contributed by atoms with Gasteiger partial charge in [0.25, 0.3) is 0 Å². The first kappa shape index (κ1) is 25.2. The number of hydrogen-bond donors (Lipinski definition) is 0. The van der Waals surface area contributed by atoms with Crippen LogP contribution in [0.4, 0.5) is 0 Å². The van der Waals surface area contributed by atoms with E-state index in [0.717, 1.165) is 0 Å². The fraction of sp³-hybridized carbons (Fsp3) is 0.0698. The highest BCUT2D eigenvalue weighted by molar-refractivity contribution is 7.02. The van der Waals surface area contributed by atoms with Gasteiger partial charge >= 0.3 is 0 Å². The Kier molecular flexibility index (Phi) is 4.87. The molecule has 0 aliphatic carbocycles. The second-order valence-corrected chi connectivity index (χ2v) is 17.6. The zero-order chi connectivity index (χ0) is 29.9. The normalized spacial score (nSPS) is 17.4. The van der Waals surface area contributed by atoms with Crippen LogP contribution in [0.15, 0.2) is 152 Å². The van der Waals surface area contributed by atoms with Gasteiger partial charge in [0, 0.05) is 10.8 Å². The summed E-state index contributed by atoms with van der Waals surface area (Å²) in [6.45, 7) is 5.13. The monoisotopic (exact) mass is 589 g/mol. The second-order valence-electron chi connectivity index (χ2n) is 13.3. The van der Waals surface area contributed by atoms with Crippen LogP contribution in [0.1, 0.15) is 22.3 Å². The third kappa shape index (κ3) is 3.03. The van der Waals surface area contributed by atoms with Crippen LogP contribution < -0.4 is 10.4 Å². The van der Waals surface area contributed by atoms with Gasteiger partial charge in [-0.15, -0.1) is 0 Å². The summed E-state index contributed by atoms with van der Waals surface area (Å²) in [5.74, 6) is 0. The van der Waals surface area contributed by atoms with Gasteiger partial charge in [-0.05, 0) is 72.7 Å². The van der Waals surface area contributed by atoms with Crippen molar-refractivity contribution in [3.8, 4) is 16.8 Å². The molecule has 0 N–H and O–H groups in total. The molecule has 1 aromatic heterocycles. The summed E-state index contributed by atoms with van der Waals surface area (Å²) in [6.07, 6.45) is 0. The zero-order valence-electron chi connectivity index (χ0n) is 25.4. The Balaban J connectivity index is 1.42. The van der Waals surface area contributed by atoms with Crippen molar-refractivity contribution in [1.82, 2.24) is 4.57 Å². The molecule has 2 aliphatic rings. The van der Waals surface area contributed by atoms with Crippen LogP contribution in [0.2, 0.25) is 13.1 Å². The molecule has 2 heteroatoms. The van der Waals surface area contributed by atoms with Gasteiger partial charge in [0.1, 0.15) is 8.07 Å². The van der Waals surface area contributed by atoms with Crippen LogP contribution in [0.25, 0.3) is 49.4 Å². The molecule has 0 bridgehead atoms. The molecule has 0 saturated carbocycles. The summed E-state index contributed by atoms with van der Waals surface area (Å²) >= 11 is 0. The molecule has 0 saturated heterocycles. The predicted octanol–water partition coefficient (Wildman–Crippen LogP) is 9.44. The van der Waals surface area contributed by atoms with E-state index in [1.54, 1.807) is 5.19 Å². The minimum Gasteiger partial charge on any atom is -0.309 e. The molecule has 1 atom stereocenters. The quantitative estimate of drug-likeness (QED) is 0.168. The SMILES string of the molecule is C[Si]1(C)c2ccccc2C2(c3ccccc3-n3c4ccccc4c4cccc2c43)c2cccc(-c3ccc4ccccc4c3)c21. The number of fused-ring (bicyclic) bond motifs is 12. The maximum Gasteiger partial charge on any atom is 0.113 e. The van der Waals surface area contributed by atoms with Crippen molar-refractivity contribution in [2.45, 2.75) is 18.5 Å². The minimum atomic E-state index is -2.17. The summed E-state index contributed by atoms with van der Waals surface area (Å²) in [4.78, 5) is 0. The minimum absolute atomic E-state index is 0.443. The summed E-state index contributed by atoms with van der Waals surface area (Å²) in [5, 5.41) is 8.28. The number of rotatable bonds is 1. The van der Waals surface area contributed by atoms with Gasteiger partial charge in [0.15, 0.2) is 0 Å². The Bertz CT molecular complexity index is 2530. The van der Waals surface area contributed by atoms with E-state index in [4.69, 9.17) is 0 Å². The fourth-order valence-corrected chi connectivity index (χ4v) is 12.6. The van der Waals surface area contributed by atoms with Crippen molar-refractivity contribution in [2.75, 3.05) is 0 Å². The average Bonchev–Trinajstić information content (AvgIpc) is 3.43. The van der Waals surface area contributed by atoms with Gasteiger partial charge in [0.2, 0.25) is 0 Å². The van der Waals surface area contributed by atoms with Crippen LogP contribution >= 0.6 is 0 Å². The molecule has 2 aliphatic heterocycles. The van der Waals surface area contributed by atoms with E-state index >= 15 is 0 Å². The van der Waals surface area contributed by atoms with E-state index in [1.807, 2.05) is 0 Å². The highest BCUT2D eigenvalue weighted by atomic mass is 28.3. The number of hydrogen-bond acceptors (Lipinski definition) is 0. The maximum atomic E-state index is 2.56. The first-order valence-corrected chi connectivity index (χ1v) is 19.0. The van der Waals surface area contributed by atoms with Gasteiger partial charge in [-0.1, -0.05) is 147 Å². The van der Waals surface area contributed by atoms with E-state index in [9.17, 15) is 0 Å². The maximum absolute atomic E-state index is 2.56. The Labute approximate surface area is 264 Å². The molecule has 212 valence electrons. The highest BCUT2D eigenvalue weighted by Gasteiger charge is 2.53. The van der Waals surface area contributed by atoms with Crippen molar-refractivity contribution >= 4 is 51.0 Å². The standard InChI is InChI=1S/C43H31NSi/c1-45(2)40-24-10-7-19-35(40)43(37-21-11-16-31(42(37)45)30-26-25-28-13-3-4-14-29(28)27-30)34-18-6-9-23-39(34)44-38-22-8-5-15-32(38)33-17-12-20-36(43)41(33)44/h3-27H,1-2H3. The Morgan fingerprint density at radius 2 is 1.18 bits per heavy atom. The summed E-state index contributed by atoms with van der Waals surface area (Å²) in [7, 11) is -2.17. The molecule has 8 aromatic rings. The molecule has 1 unspecified atom stereocenters. The number of nitrogens with zero attached hydrogens (tertiary/aromatic N) is 1. The van der Waals surface area contributed by atoms with Crippen LogP contribution in [0, 0.1) is 0 Å². The smallest absolute Gasteiger partial charge is 0.113 e. The molecule has 0 amide bonds. The van der Waals surface area contributed by atoms with Crippen LogP contribution in [0.3, 0.4) is 0 Å². The van der Waals surface area contributed by atoms with E-state index in [2.05, 4.69) is 169 Å². The van der Waals surface area contributed by atoms with Crippen molar-refractivity contribution in [3.05, 3.63) is 174 Å². The third-order valence-corrected chi connectivity index (χ3v) is 14.4. The molecule has 0 radical (unpaired) electrons. The van der Waals surface area contributed by atoms with Gasteiger partial charge in [-0.3, -0.25) is 0 Å². The van der Waals surface area contributed by atoms with Crippen LogP contribution in [-0.2, 0) is 5.41 Å². The van der Waals surface area contributed by atoms with Gasteiger partial charge in [-0.25, -0.2) is 0 Å². The topological polar surface area (TPSA) is 4.93 Å². The lowest BCUT2D eigenvalue weighted by Crippen LogP contribution is -2.64. The van der Waals surface area contributed by atoms with Crippen LogP contribution in [0.5, 0.6) is 0 Å². The predicted molar refractivity (Wildman–Crippen MR) is 192 cm³/mol. The van der Waals surface area contributed by atoms with Gasteiger partial charge < -0.3 is 4.57 Å². The number of para-hydroxylation sites is 3. The lowest BCUT2D eigenvalue weighted by molar-refractivity contribution is 0.732. The molecule has 3 heterocycles. The van der Waals surface area contributed by atoms with Crippen molar-refractivity contribution in [1.29, 1.82) is 0 Å². The average molecular weight is 590 g/mol. The van der Waals surface area contributed by atoms with Crippen molar-refractivity contribution < 1.29 is 0 Å². The molecular formula is C43H31NSi. The van der Waals surface area contributed by atoms with E-state index in [0.29, 0.717) is 0 Å². The Hall–Kier alpha value is -5.18. The molecule has 7 aromatic carbocycles. The lowest BCUT2D eigenvalue weighted by atomic mass is 9.62. The number of benzene rings is 7. The second kappa shape index (κ2) is 8.71. The highest BCUT2D eigenvalue weighted by Crippen LogP contribution is 2.55. The fourth-order valence-electron chi connectivity index (χ4n) is 9.05. The number of aromatic nitrogens is 1. The Morgan fingerprint density at radius 1 is 0.511 bits per heavy atom. The largest absolute Gasteiger partial charge is 0.309 e. The van der Waals surface area contributed by atoms with Gasteiger partial charge in [-0.2, -0.15) is 0 Å². The molecular weight excluding hydrogens is 559 g/mol. The summed E-state index contributed by atoms with van der Waals surface area (Å²) in [6, 6.07) is 57.4. The molecule has 45 heavy (non-hydrogen) atoms. The van der Waals surface area contributed by atoms with Crippen molar-refractivity contribution in [3.63, 3.8) is 0 Å². The lowest BCUT2D eigenvalue weighted by Gasteiger charge is -2.50. The van der Waals surface area contributed by atoms with E-state index in [1.165, 1.54) is 76.8 Å². The van der Waals surface area contributed by atoms with E-state index < -0.39 is 13.5 Å². The molecule has 1 nitrogen and oxygen atoms in total. The summed E-state index contributed by atoms with van der Waals surface area (Å²) < 4.78 is 2.53. The molecule has 1 spiro atoms. The van der Waals surface area contributed by atoms with Gasteiger partial charge in [0.05, 0.1) is 22.1 Å². The first-order valence-electron chi connectivity index (χ1n) is 16.0. The van der Waals surface area contributed by atoms with E-state index in [-0.39, 0.29) is 0 Å². The summed E-state index contributed by atoms with van der Waals surface area (Å²) in [5.41, 5.74) is 11.7. The molecule has 10 rings (SSSR count). The Morgan fingerprint density at radius 3 is 2.09 bits per heavy atom. The molecule has 0 fully saturated rings. The van der Waals surface area contributed by atoms with Crippen molar-refractivity contribution in [2.24, 2.45) is 0 Å². The third-order valence-electron chi connectivity index (χ3n) is 10.8.